The Balaban J connectivity index is 2.32. The normalized spacial score (nSPS) is 25.4. The molecule has 1 aliphatic heterocycles. The Morgan fingerprint density at radius 3 is 2.95 bits per heavy atom. The number of anilines is 1. The molecule has 0 radical (unpaired) electrons. The Bertz CT molecular complexity index is 562. The average Bonchev–Trinajstić information content (AvgIpc) is 2.72. The van der Waals surface area contributed by atoms with Crippen molar-refractivity contribution in [1.29, 1.82) is 0 Å². The topological polar surface area (TPSA) is 115 Å². The predicted octanol–water partition coefficient (Wildman–Crippen LogP) is 1.20. The molecule has 0 bridgehead atoms. The summed E-state index contributed by atoms with van der Waals surface area (Å²) in [6, 6.07) is 2.30. The van der Waals surface area contributed by atoms with Crippen LogP contribution in [0.15, 0.2) is 12.1 Å². The molecule has 2 atom stereocenters. The van der Waals surface area contributed by atoms with Crippen molar-refractivity contribution in [2.45, 2.75) is 19.9 Å². The molecular formula is C12H15N3O5. The summed E-state index contributed by atoms with van der Waals surface area (Å²) in [5, 5.41) is 23.1. The van der Waals surface area contributed by atoms with Gasteiger partial charge in [0.1, 0.15) is 5.41 Å². The summed E-state index contributed by atoms with van der Waals surface area (Å²) in [6.07, 6.45) is 0. The van der Waals surface area contributed by atoms with Crippen molar-refractivity contribution < 1.29 is 19.6 Å². The summed E-state index contributed by atoms with van der Waals surface area (Å²) in [5.41, 5.74) is -0.719. The second kappa shape index (κ2) is 5.04. The Hall–Kier alpha value is -2.22. The summed E-state index contributed by atoms with van der Waals surface area (Å²) < 4.78 is 5.20. The monoisotopic (exact) mass is 281 g/mol. The molecule has 8 nitrogen and oxygen atoms in total. The van der Waals surface area contributed by atoms with Crippen LogP contribution in [0.5, 0.6) is 0 Å². The summed E-state index contributed by atoms with van der Waals surface area (Å²) in [6.45, 7) is 3.47. The number of hydrogen-bond donors (Lipinski definition) is 2. The van der Waals surface area contributed by atoms with E-state index in [4.69, 9.17) is 4.74 Å². The Morgan fingerprint density at radius 2 is 2.35 bits per heavy atom. The minimum absolute atomic E-state index is 0.0552. The standard InChI is InChI=1S/C12H15N3O5/c1-7-3-4-8(15(18)19)10(13-7)14-9-5-20-6-12(9,2)11(16)17/h3-4,9H,5-6H2,1-2H3,(H,13,14)(H,16,17). The Morgan fingerprint density at radius 1 is 1.65 bits per heavy atom. The molecule has 2 unspecified atom stereocenters. The number of aliphatic carboxylic acids is 1. The molecule has 1 aliphatic rings. The number of aromatic nitrogens is 1. The lowest BCUT2D eigenvalue weighted by Crippen LogP contribution is -2.43. The number of carboxylic acids is 1. The van der Waals surface area contributed by atoms with Crippen LogP contribution in [0, 0.1) is 22.5 Å². The molecule has 0 saturated carbocycles. The zero-order valence-electron chi connectivity index (χ0n) is 11.1. The molecule has 108 valence electrons. The zero-order chi connectivity index (χ0) is 14.9. The first kappa shape index (κ1) is 14.2. The number of carboxylic acid groups (broad SMARTS) is 1. The van der Waals surface area contributed by atoms with Crippen molar-refractivity contribution in [3.63, 3.8) is 0 Å². The number of rotatable bonds is 4. The molecule has 20 heavy (non-hydrogen) atoms. The van der Waals surface area contributed by atoms with Gasteiger partial charge in [-0.15, -0.1) is 0 Å². The van der Waals surface area contributed by atoms with Crippen LogP contribution in [0.25, 0.3) is 0 Å². The summed E-state index contributed by atoms with van der Waals surface area (Å²) in [5.74, 6) is -0.944. The lowest BCUT2D eigenvalue weighted by molar-refractivity contribution is -0.384. The van der Waals surface area contributed by atoms with Crippen molar-refractivity contribution in [2.24, 2.45) is 5.41 Å². The fourth-order valence-electron chi connectivity index (χ4n) is 2.05. The van der Waals surface area contributed by atoms with Gasteiger partial charge in [0.2, 0.25) is 5.82 Å². The molecule has 1 aromatic heterocycles. The van der Waals surface area contributed by atoms with Crippen molar-refractivity contribution in [1.82, 2.24) is 4.98 Å². The van der Waals surface area contributed by atoms with Crippen molar-refractivity contribution in [2.75, 3.05) is 18.5 Å². The van der Waals surface area contributed by atoms with E-state index >= 15 is 0 Å². The highest BCUT2D eigenvalue weighted by atomic mass is 16.6. The third-order valence-electron chi connectivity index (χ3n) is 3.46. The van der Waals surface area contributed by atoms with Gasteiger partial charge in [-0.3, -0.25) is 14.9 Å². The number of carbonyl (C=O) groups is 1. The Labute approximate surface area is 114 Å². The van der Waals surface area contributed by atoms with Gasteiger partial charge in [-0.05, 0) is 19.9 Å². The van der Waals surface area contributed by atoms with Gasteiger partial charge < -0.3 is 15.2 Å². The lowest BCUT2D eigenvalue weighted by Gasteiger charge is -2.25. The van der Waals surface area contributed by atoms with Crippen LogP contribution in [0.3, 0.4) is 0 Å². The number of aryl methyl sites for hydroxylation is 1. The maximum absolute atomic E-state index is 11.3. The van der Waals surface area contributed by atoms with Crippen LogP contribution in [0.1, 0.15) is 12.6 Å². The van der Waals surface area contributed by atoms with E-state index in [0.29, 0.717) is 5.69 Å². The molecule has 0 amide bonds. The van der Waals surface area contributed by atoms with Crippen molar-refractivity contribution in [3.8, 4) is 0 Å². The first-order valence-electron chi connectivity index (χ1n) is 6.04. The highest BCUT2D eigenvalue weighted by Gasteiger charge is 2.47. The van der Waals surface area contributed by atoms with Crippen LogP contribution in [-0.4, -0.2) is 40.2 Å². The van der Waals surface area contributed by atoms with Crippen molar-refractivity contribution in [3.05, 3.63) is 27.9 Å². The molecule has 8 heteroatoms. The van der Waals surface area contributed by atoms with Crippen molar-refractivity contribution >= 4 is 17.5 Å². The summed E-state index contributed by atoms with van der Waals surface area (Å²) >= 11 is 0. The number of pyridine rings is 1. The third-order valence-corrected chi connectivity index (χ3v) is 3.46. The number of hydrogen-bond acceptors (Lipinski definition) is 6. The van der Waals surface area contributed by atoms with Gasteiger partial charge in [0.15, 0.2) is 0 Å². The minimum atomic E-state index is -1.14. The lowest BCUT2D eigenvalue weighted by atomic mass is 9.85. The van der Waals surface area contributed by atoms with Gasteiger partial charge in [0, 0.05) is 11.8 Å². The molecule has 0 aliphatic carbocycles. The Kier molecular flexibility index (Phi) is 3.58. The first-order chi connectivity index (χ1) is 9.34. The van der Waals surface area contributed by atoms with E-state index < -0.39 is 22.3 Å². The van der Waals surface area contributed by atoms with Gasteiger partial charge in [-0.1, -0.05) is 0 Å². The number of nitrogens with one attached hydrogen (secondary N) is 1. The number of nitrogens with zero attached hydrogens (tertiary/aromatic N) is 2. The van der Waals surface area contributed by atoms with E-state index in [1.54, 1.807) is 13.8 Å². The van der Waals surface area contributed by atoms with Gasteiger partial charge in [0.05, 0.1) is 24.2 Å². The predicted molar refractivity (Wildman–Crippen MR) is 69.6 cm³/mol. The van der Waals surface area contributed by atoms with E-state index in [1.807, 2.05) is 0 Å². The molecule has 2 rings (SSSR count). The fraction of sp³-hybridized carbons (Fsp3) is 0.500. The smallest absolute Gasteiger partial charge is 0.313 e. The van der Waals surface area contributed by atoms with Crippen LogP contribution in [-0.2, 0) is 9.53 Å². The molecule has 2 N–H and O–H groups in total. The largest absolute Gasteiger partial charge is 0.481 e. The maximum atomic E-state index is 11.3. The fourth-order valence-corrected chi connectivity index (χ4v) is 2.05. The number of ether oxygens (including phenoxy) is 1. The highest BCUT2D eigenvalue weighted by Crippen LogP contribution is 2.33. The van der Waals surface area contributed by atoms with E-state index in [1.165, 1.54) is 12.1 Å². The zero-order valence-corrected chi connectivity index (χ0v) is 11.1. The van der Waals surface area contributed by atoms with Crippen LogP contribution in [0.4, 0.5) is 11.5 Å². The highest BCUT2D eigenvalue weighted by molar-refractivity contribution is 5.77. The molecule has 2 heterocycles. The summed E-state index contributed by atoms with van der Waals surface area (Å²) in [7, 11) is 0. The van der Waals surface area contributed by atoms with E-state index in [9.17, 15) is 20.0 Å². The molecule has 0 aromatic carbocycles. The van der Waals surface area contributed by atoms with Gasteiger partial charge >= 0.3 is 11.7 Å². The van der Waals surface area contributed by atoms with Gasteiger partial charge in [0.25, 0.3) is 0 Å². The quantitative estimate of drug-likeness (QED) is 0.629. The van der Waals surface area contributed by atoms with Gasteiger partial charge in [-0.2, -0.15) is 0 Å². The SMILES string of the molecule is Cc1ccc([N+](=O)[O-])c(NC2COCC2(C)C(=O)O)n1. The summed E-state index contributed by atoms with van der Waals surface area (Å²) in [4.78, 5) is 25.8. The molecule has 0 spiro atoms. The second-order valence-electron chi connectivity index (χ2n) is 5.01. The number of nitro groups is 1. The van der Waals surface area contributed by atoms with E-state index in [-0.39, 0.29) is 24.7 Å². The third kappa shape index (κ3) is 2.42. The average molecular weight is 281 g/mol. The first-order valence-corrected chi connectivity index (χ1v) is 6.04. The van der Waals surface area contributed by atoms with Gasteiger partial charge in [-0.25, -0.2) is 4.98 Å². The van der Waals surface area contributed by atoms with Crippen LogP contribution in [0.2, 0.25) is 0 Å². The van der Waals surface area contributed by atoms with E-state index in [0.717, 1.165) is 0 Å². The van der Waals surface area contributed by atoms with Crippen LogP contribution >= 0.6 is 0 Å². The van der Waals surface area contributed by atoms with Crippen LogP contribution < -0.4 is 5.32 Å². The maximum Gasteiger partial charge on any atom is 0.313 e. The molecule has 1 aromatic rings. The molecule has 1 saturated heterocycles. The second-order valence-corrected chi connectivity index (χ2v) is 5.01. The minimum Gasteiger partial charge on any atom is -0.481 e. The molecular weight excluding hydrogens is 266 g/mol. The van der Waals surface area contributed by atoms with E-state index in [2.05, 4.69) is 10.3 Å². The molecule has 1 fully saturated rings.